The van der Waals surface area contributed by atoms with E-state index < -0.39 is 0 Å². The van der Waals surface area contributed by atoms with Crippen LogP contribution in [0.5, 0.6) is 0 Å². The molecule has 2 aromatic rings. The van der Waals surface area contributed by atoms with Crippen LogP contribution in [0.3, 0.4) is 0 Å². The summed E-state index contributed by atoms with van der Waals surface area (Å²) in [7, 11) is 0. The molecule has 0 unspecified atom stereocenters. The minimum atomic E-state index is 1.64. The molecule has 0 bridgehead atoms. The van der Waals surface area contributed by atoms with Crippen molar-refractivity contribution in [3.63, 3.8) is 0 Å². The first kappa shape index (κ1) is 6.84. The molecule has 12 heavy (non-hydrogen) atoms. The maximum atomic E-state index is 3.88. The highest BCUT2D eigenvalue weighted by molar-refractivity contribution is 4.90. The summed E-state index contributed by atoms with van der Waals surface area (Å²) in [6.45, 7) is 0. The molecular formula is C8H8N4. The van der Waals surface area contributed by atoms with Crippen LogP contribution in [0.4, 0.5) is 0 Å². The molecule has 0 radical (unpaired) electrons. The van der Waals surface area contributed by atoms with E-state index in [1.165, 1.54) is 0 Å². The summed E-state index contributed by atoms with van der Waals surface area (Å²) >= 11 is 0. The van der Waals surface area contributed by atoms with E-state index in [1.54, 1.807) is 10.8 Å². The van der Waals surface area contributed by atoms with Gasteiger partial charge in [0.1, 0.15) is 0 Å². The minimum absolute atomic E-state index is 1.64. The Morgan fingerprint density at radius 2 is 1.67 bits per heavy atom. The summed E-state index contributed by atoms with van der Waals surface area (Å²) in [6.07, 6.45) is 7.19. The number of aromatic nitrogens is 4. The number of rotatable bonds is 0. The van der Waals surface area contributed by atoms with Crippen molar-refractivity contribution in [2.24, 2.45) is 0 Å². The second-order valence-electron chi connectivity index (χ2n) is 2.27. The highest BCUT2D eigenvalue weighted by atomic mass is 15.5. The summed E-state index contributed by atoms with van der Waals surface area (Å²) in [4.78, 5) is 0. The first-order valence-corrected chi connectivity index (χ1v) is 3.63. The molecule has 0 aromatic carbocycles. The van der Waals surface area contributed by atoms with Crippen LogP contribution in [0.1, 0.15) is 0 Å². The van der Waals surface area contributed by atoms with Gasteiger partial charge in [-0.25, -0.2) is 4.52 Å². The van der Waals surface area contributed by atoms with Crippen LogP contribution in [-0.4, -0.2) is 19.5 Å². The van der Waals surface area contributed by atoms with E-state index in [1.807, 2.05) is 47.4 Å². The lowest BCUT2D eigenvalue weighted by Gasteiger charge is -1.96. The quantitative estimate of drug-likeness (QED) is 0.575. The lowest BCUT2D eigenvalue weighted by Crippen LogP contribution is -2.03. The second-order valence-corrected chi connectivity index (χ2v) is 2.27. The zero-order valence-corrected chi connectivity index (χ0v) is 6.41. The van der Waals surface area contributed by atoms with Crippen LogP contribution in [0.15, 0.2) is 49.1 Å². The van der Waals surface area contributed by atoms with Gasteiger partial charge in [-0.2, -0.15) is 4.63 Å². The average Bonchev–Trinajstić information content (AvgIpc) is 2.06. The molecule has 2 aromatic heterocycles. The van der Waals surface area contributed by atoms with E-state index in [-0.39, 0.29) is 0 Å². The number of fused-ring (bicyclic) bond motifs is 1. The summed E-state index contributed by atoms with van der Waals surface area (Å²) in [5, 5.41) is 7.63. The fraction of sp³-hybridized carbons (Fsp3) is 0. The molecule has 0 saturated heterocycles. The van der Waals surface area contributed by atoms with E-state index in [0.29, 0.717) is 0 Å². The molecule has 60 valence electrons. The van der Waals surface area contributed by atoms with Crippen LogP contribution in [0, 0.1) is 0 Å². The third-order valence-electron chi connectivity index (χ3n) is 1.46. The van der Waals surface area contributed by atoms with E-state index >= 15 is 0 Å². The molecule has 2 heterocycles. The van der Waals surface area contributed by atoms with Crippen molar-refractivity contribution in [3.05, 3.63) is 49.1 Å². The lowest BCUT2D eigenvalue weighted by molar-refractivity contribution is 0.616. The lowest BCUT2D eigenvalue weighted by atomic mass is 10.5. The maximum Gasteiger partial charge on any atom is 0.0697 e. The van der Waals surface area contributed by atoms with Gasteiger partial charge in [-0.1, -0.05) is 12.1 Å². The van der Waals surface area contributed by atoms with Gasteiger partial charge in [0.2, 0.25) is 0 Å². The maximum absolute atomic E-state index is 3.88. The third-order valence-corrected chi connectivity index (χ3v) is 1.46. The number of hydrogen-bond acceptors (Lipinski definition) is 2. The Balaban J connectivity index is 2.83. The molecule has 0 saturated carbocycles. The fourth-order valence-electron chi connectivity index (χ4n) is 0.913. The van der Waals surface area contributed by atoms with Crippen molar-refractivity contribution in [1.29, 1.82) is 0 Å². The molecule has 0 spiro atoms. The van der Waals surface area contributed by atoms with Crippen molar-refractivity contribution >= 4 is 0 Å². The largest absolute Gasteiger partial charge is 0.245 e. The Hall–Kier alpha value is -1.84. The first-order chi connectivity index (χ1) is 5.97. The monoisotopic (exact) mass is 160 g/mol. The van der Waals surface area contributed by atoms with Crippen LogP contribution >= 0.6 is 0 Å². The average molecular weight is 160 g/mol. The van der Waals surface area contributed by atoms with Crippen molar-refractivity contribution in [2.45, 2.75) is 0 Å². The van der Waals surface area contributed by atoms with Gasteiger partial charge < -0.3 is 0 Å². The zero-order chi connectivity index (χ0) is 8.23. The molecule has 0 aliphatic rings. The Morgan fingerprint density at radius 1 is 0.833 bits per heavy atom. The van der Waals surface area contributed by atoms with Crippen LogP contribution < -0.4 is 0 Å². The molecule has 4 nitrogen and oxygen atoms in total. The molecule has 0 fully saturated rings. The summed E-state index contributed by atoms with van der Waals surface area (Å²) in [6, 6.07) is 7.71. The van der Waals surface area contributed by atoms with Crippen LogP contribution in [-0.2, 0) is 0 Å². The minimum Gasteiger partial charge on any atom is -0.245 e. The Morgan fingerprint density at radius 3 is 2.58 bits per heavy atom. The van der Waals surface area contributed by atoms with Gasteiger partial charge >= 0.3 is 0 Å². The first-order valence-electron chi connectivity index (χ1n) is 3.63. The van der Waals surface area contributed by atoms with Gasteiger partial charge in [0.05, 0.1) is 6.20 Å². The molecule has 0 atom stereocenters. The van der Waals surface area contributed by atoms with Gasteiger partial charge in [0.15, 0.2) is 0 Å². The normalized spacial score (nSPS) is 9.67. The van der Waals surface area contributed by atoms with Gasteiger partial charge in [-0.15, -0.1) is 5.10 Å². The van der Waals surface area contributed by atoms with Crippen molar-refractivity contribution < 1.29 is 0 Å². The summed E-state index contributed by atoms with van der Waals surface area (Å²) < 4.78 is 3.47. The van der Waals surface area contributed by atoms with E-state index in [0.717, 1.165) is 0 Å². The van der Waals surface area contributed by atoms with Crippen molar-refractivity contribution in [3.8, 4) is 0 Å². The van der Waals surface area contributed by atoms with Gasteiger partial charge in [0, 0.05) is 18.6 Å². The third kappa shape index (κ3) is 1.27. The fourth-order valence-corrected chi connectivity index (χ4v) is 0.913. The highest BCUT2D eigenvalue weighted by Gasteiger charge is 1.79. The predicted octanol–water partition coefficient (Wildman–Crippen LogP) is 0.953. The zero-order valence-electron chi connectivity index (χ0n) is 6.41. The van der Waals surface area contributed by atoms with E-state index in [4.69, 9.17) is 0 Å². The summed E-state index contributed by atoms with van der Waals surface area (Å²) in [5.41, 5.74) is 0. The Bertz CT molecular complexity index is 373. The molecule has 4 heteroatoms. The van der Waals surface area contributed by atoms with Crippen LogP contribution in [0.25, 0.3) is 0 Å². The van der Waals surface area contributed by atoms with Crippen molar-refractivity contribution in [2.75, 3.05) is 0 Å². The molecule has 0 amide bonds. The van der Waals surface area contributed by atoms with Gasteiger partial charge in [-0.3, -0.25) is 0 Å². The molecule has 2 rings (SSSR count). The van der Waals surface area contributed by atoms with Gasteiger partial charge in [0.25, 0.3) is 0 Å². The molecular weight excluding hydrogens is 152 g/mol. The molecule has 0 aliphatic carbocycles. The molecule has 0 aliphatic heterocycles. The number of nitrogens with zero attached hydrogens (tertiary/aromatic N) is 4. The smallest absolute Gasteiger partial charge is 0.0697 e. The van der Waals surface area contributed by atoms with E-state index in [9.17, 15) is 0 Å². The molecule has 0 N–H and O–H groups in total. The Kier molecular flexibility index (Phi) is 1.74. The second kappa shape index (κ2) is 3.04. The SMILES string of the molecule is c1cccn2nnccn2cc1. The number of hydrogen-bond donors (Lipinski definition) is 0. The van der Waals surface area contributed by atoms with Gasteiger partial charge in [-0.05, 0) is 17.3 Å². The predicted molar refractivity (Wildman–Crippen MR) is 44.1 cm³/mol. The standard InChI is InChI=1S/C8H8N4/c1-2-4-7-12-10-9-5-8-11(12)6-3-1/h1-8H. The topological polar surface area (TPSA) is 34.6 Å². The highest BCUT2D eigenvalue weighted by Crippen LogP contribution is 1.82. The van der Waals surface area contributed by atoms with E-state index in [2.05, 4.69) is 10.3 Å². The Labute approximate surface area is 69.4 Å². The summed E-state index contributed by atoms with van der Waals surface area (Å²) in [5.74, 6) is 0. The van der Waals surface area contributed by atoms with Crippen molar-refractivity contribution in [1.82, 2.24) is 19.5 Å². The van der Waals surface area contributed by atoms with Crippen LogP contribution in [0.2, 0.25) is 0 Å².